The van der Waals surface area contributed by atoms with Crippen LogP contribution in [-0.2, 0) is 17.8 Å². The van der Waals surface area contributed by atoms with E-state index in [-0.39, 0.29) is 12.2 Å². The molecule has 0 atom stereocenters. The van der Waals surface area contributed by atoms with Crippen LogP contribution in [0.1, 0.15) is 31.9 Å². The van der Waals surface area contributed by atoms with E-state index in [0.29, 0.717) is 5.56 Å². The number of ether oxygens (including phenoxy) is 1. The second-order valence-corrected chi connectivity index (χ2v) is 8.67. The number of nitro groups is 1. The van der Waals surface area contributed by atoms with Crippen LogP contribution in [0.2, 0.25) is 0 Å². The van der Waals surface area contributed by atoms with Crippen molar-refractivity contribution in [1.29, 1.82) is 0 Å². The molecule has 0 radical (unpaired) electrons. The van der Waals surface area contributed by atoms with Crippen LogP contribution in [0.3, 0.4) is 0 Å². The van der Waals surface area contributed by atoms with Gasteiger partial charge < -0.3 is 15.0 Å². The zero-order valence-corrected chi connectivity index (χ0v) is 18.3. The molecule has 0 saturated carbocycles. The van der Waals surface area contributed by atoms with Gasteiger partial charge in [-0.15, -0.1) is 0 Å². The van der Waals surface area contributed by atoms with Crippen LogP contribution in [-0.4, -0.2) is 47.7 Å². The Labute approximate surface area is 182 Å². The maximum absolute atomic E-state index is 12.1. The van der Waals surface area contributed by atoms with Crippen molar-refractivity contribution in [3.63, 3.8) is 0 Å². The number of anilines is 1. The smallest absolute Gasteiger partial charge is 0.407 e. The molecule has 0 unspecified atom stereocenters. The Morgan fingerprint density at radius 3 is 2.39 bits per heavy atom. The standard InChI is InChI=1S/C23H30N4O4/c1-23(2,3)31-22(28)24-16-19-15-20(27(29)30)9-10-21(19)26-13-11-25(12-14-26)17-18-7-5-4-6-8-18/h4-10,15H,11-14,16-17H2,1-3H3,(H,24,28). The lowest BCUT2D eigenvalue weighted by Gasteiger charge is -2.37. The monoisotopic (exact) mass is 426 g/mol. The molecule has 1 heterocycles. The van der Waals surface area contributed by atoms with E-state index in [2.05, 4.69) is 27.2 Å². The van der Waals surface area contributed by atoms with E-state index in [1.165, 1.54) is 17.7 Å². The highest BCUT2D eigenvalue weighted by Gasteiger charge is 2.22. The molecule has 2 aromatic rings. The average molecular weight is 427 g/mol. The molecule has 1 aliphatic rings. The zero-order valence-electron chi connectivity index (χ0n) is 18.3. The van der Waals surface area contributed by atoms with E-state index in [4.69, 9.17) is 4.74 Å². The van der Waals surface area contributed by atoms with Gasteiger partial charge in [-0.1, -0.05) is 30.3 Å². The predicted octanol–water partition coefficient (Wildman–Crippen LogP) is 3.94. The van der Waals surface area contributed by atoms with Gasteiger partial charge in [0.05, 0.1) is 4.92 Å². The fourth-order valence-electron chi connectivity index (χ4n) is 3.61. The third-order valence-corrected chi connectivity index (χ3v) is 5.06. The molecule has 1 amide bonds. The summed E-state index contributed by atoms with van der Waals surface area (Å²) in [5.74, 6) is 0. The van der Waals surface area contributed by atoms with Crippen molar-refractivity contribution < 1.29 is 14.5 Å². The topological polar surface area (TPSA) is 87.9 Å². The molecule has 0 aliphatic carbocycles. The number of nitrogens with one attached hydrogen (secondary N) is 1. The van der Waals surface area contributed by atoms with Gasteiger partial charge in [-0.25, -0.2) is 4.79 Å². The Kier molecular flexibility index (Phi) is 7.12. The summed E-state index contributed by atoms with van der Waals surface area (Å²) in [5.41, 5.74) is 2.29. The van der Waals surface area contributed by atoms with Gasteiger partial charge in [0.2, 0.25) is 0 Å². The van der Waals surface area contributed by atoms with E-state index < -0.39 is 16.6 Å². The van der Waals surface area contributed by atoms with Crippen LogP contribution in [0.15, 0.2) is 48.5 Å². The van der Waals surface area contributed by atoms with Crippen molar-refractivity contribution >= 4 is 17.5 Å². The number of non-ortho nitro benzene ring substituents is 1. The van der Waals surface area contributed by atoms with Gasteiger partial charge in [-0.05, 0) is 32.4 Å². The minimum Gasteiger partial charge on any atom is -0.444 e. The molecule has 31 heavy (non-hydrogen) atoms. The van der Waals surface area contributed by atoms with Gasteiger partial charge in [0.15, 0.2) is 0 Å². The largest absolute Gasteiger partial charge is 0.444 e. The van der Waals surface area contributed by atoms with Crippen molar-refractivity contribution in [2.75, 3.05) is 31.1 Å². The SMILES string of the molecule is CC(C)(C)OC(=O)NCc1cc([N+](=O)[O-])ccc1N1CCN(Cc2ccccc2)CC1. The van der Waals surface area contributed by atoms with Crippen LogP contribution < -0.4 is 10.2 Å². The van der Waals surface area contributed by atoms with Crippen molar-refractivity contribution in [1.82, 2.24) is 10.2 Å². The molecule has 1 N–H and O–H groups in total. The Morgan fingerprint density at radius 1 is 1.10 bits per heavy atom. The summed E-state index contributed by atoms with van der Waals surface area (Å²) in [6.07, 6.45) is -0.544. The van der Waals surface area contributed by atoms with Gasteiger partial charge in [-0.2, -0.15) is 0 Å². The minimum absolute atomic E-state index is 0.00690. The fourth-order valence-corrected chi connectivity index (χ4v) is 3.61. The summed E-state index contributed by atoms with van der Waals surface area (Å²) in [5, 5.41) is 14.0. The Balaban J connectivity index is 1.67. The summed E-state index contributed by atoms with van der Waals surface area (Å²) in [7, 11) is 0. The Morgan fingerprint density at radius 2 is 1.77 bits per heavy atom. The highest BCUT2D eigenvalue weighted by atomic mass is 16.6. The second-order valence-electron chi connectivity index (χ2n) is 8.67. The van der Waals surface area contributed by atoms with Crippen molar-refractivity contribution in [3.05, 3.63) is 69.8 Å². The van der Waals surface area contributed by atoms with Crippen LogP contribution in [0.25, 0.3) is 0 Å². The summed E-state index contributed by atoms with van der Waals surface area (Å²) in [6, 6.07) is 15.2. The van der Waals surface area contributed by atoms with Crippen molar-refractivity contribution in [2.45, 2.75) is 39.5 Å². The third-order valence-electron chi connectivity index (χ3n) is 5.06. The molecule has 166 valence electrons. The number of benzene rings is 2. The number of alkyl carbamates (subject to hydrolysis) is 1. The van der Waals surface area contributed by atoms with Gasteiger partial charge in [0, 0.05) is 62.7 Å². The predicted molar refractivity (Wildman–Crippen MR) is 120 cm³/mol. The van der Waals surface area contributed by atoms with Crippen LogP contribution >= 0.6 is 0 Å². The molecule has 2 aromatic carbocycles. The van der Waals surface area contributed by atoms with Crippen molar-refractivity contribution in [3.8, 4) is 0 Å². The number of nitrogens with zero attached hydrogens (tertiary/aromatic N) is 3. The number of carbonyl (C=O) groups excluding carboxylic acids is 1. The quantitative estimate of drug-likeness (QED) is 0.556. The summed E-state index contributed by atoms with van der Waals surface area (Å²) in [4.78, 5) is 27.5. The first kappa shape index (κ1) is 22.6. The molecule has 0 bridgehead atoms. The summed E-state index contributed by atoms with van der Waals surface area (Å²) < 4.78 is 5.29. The third kappa shape index (κ3) is 6.68. The van der Waals surface area contributed by atoms with Gasteiger partial charge in [-0.3, -0.25) is 15.0 Å². The first-order chi connectivity index (χ1) is 14.7. The van der Waals surface area contributed by atoms with Crippen LogP contribution in [0, 0.1) is 10.1 Å². The summed E-state index contributed by atoms with van der Waals surface area (Å²) >= 11 is 0. The highest BCUT2D eigenvalue weighted by molar-refractivity contribution is 5.68. The number of piperazine rings is 1. The average Bonchev–Trinajstić information content (AvgIpc) is 2.72. The minimum atomic E-state index is -0.606. The number of amides is 1. The summed E-state index contributed by atoms with van der Waals surface area (Å²) in [6.45, 7) is 9.85. The van der Waals surface area contributed by atoms with E-state index in [1.54, 1.807) is 26.8 Å². The highest BCUT2D eigenvalue weighted by Crippen LogP contribution is 2.27. The first-order valence-corrected chi connectivity index (χ1v) is 10.5. The molecule has 1 aliphatic heterocycles. The van der Waals surface area contributed by atoms with Crippen LogP contribution in [0.5, 0.6) is 0 Å². The molecular weight excluding hydrogens is 396 g/mol. The normalized spacial score (nSPS) is 14.9. The lowest BCUT2D eigenvalue weighted by atomic mass is 10.1. The number of rotatable bonds is 6. The van der Waals surface area contributed by atoms with E-state index in [0.717, 1.165) is 38.4 Å². The Hall–Kier alpha value is -3.13. The second kappa shape index (κ2) is 9.78. The molecular formula is C23H30N4O4. The first-order valence-electron chi connectivity index (χ1n) is 10.5. The molecule has 8 heteroatoms. The van der Waals surface area contributed by atoms with Gasteiger partial charge in [0.1, 0.15) is 5.60 Å². The number of nitro benzene ring substituents is 1. The molecule has 3 rings (SSSR count). The van der Waals surface area contributed by atoms with Gasteiger partial charge >= 0.3 is 6.09 Å². The lowest BCUT2D eigenvalue weighted by molar-refractivity contribution is -0.384. The maximum Gasteiger partial charge on any atom is 0.407 e. The van der Waals surface area contributed by atoms with E-state index in [1.807, 2.05) is 18.2 Å². The maximum atomic E-state index is 12.1. The molecule has 1 saturated heterocycles. The number of hydrogen-bond acceptors (Lipinski definition) is 6. The zero-order chi connectivity index (χ0) is 22.4. The fraction of sp³-hybridized carbons (Fsp3) is 0.435. The van der Waals surface area contributed by atoms with Crippen molar-refractivity contribution in [2.24, 2.45) is 0 Å². The Bertz CT molecular complexity index is 904. The van der Waals surface area contributed by atoms with Gasteiger partial charge in [0.25, 0.3) is 5.69 Å². The van der Waals surface area contributed by atoms with E-state index >= 15 is 0 Å². The molecule has 8 nitrogen and oxygen atoms in total. The van der Waals surface area contributed by atoms with Crippen LogP contribution in [0.4, 0.5) is 16.2 Å². The lowest BCUT2D eigenvalue weighted by Crippen LogP contribution is -2.46. The molecule has 1 fully saturated rings. The molecule has 0 spiro atoms. The number of hydrogen-bond donors (Lipinski definition) is 1. The molecule has 0 aromatic heterocycles. The number of carbonyl (C=O) groups is 1. The van der Waals surface area contributed by atoms with E-state index in [9.17, 15) is 14.9 Å².